The molecule has 0 fully saturated rings. The smallest absolute Gasteiger partial charge is 0.0491 e. The van der Waals surface area contributed by atoms with Gasteiger partial charge in [0, 0.05) is 26.4 Å². The highest BCUT2D eigenvalue weighted by atomic mass is 16.5. The summed E-state index contributed by atoms with van der Waals surface area (Å²) in [5.41, 5.74) is 0. The molecule has 0 saturated carbocycles. The molecule has 0 aromatic rings. The van der Waals surface area contributed by atoms with E-state index in [2.05, 4.69) is 20.8 Å². The number of hydrogen-bond acceptors (Lipinski definition) is 2. The van der Waals surface area contributed by atoms with Gasteiger partial charge < -0.3 is 9.47 Å². The maximum absolute atomic E-state index is 5.83. The van der Waals surface area contributed by atoms with Crippen LogP contribution >= 0.6 is 0 Å². The molecule has 0 N–H and O–H groups in total. The number of ether oxygens (including phenoxy) is 2. The van der Waals surface area contributed by atoms with E-state index in [0.29, 0.717) is 5.92 Å². The quantitative estimate of drug-likeness (QED) is 0.180. The van der Waals surface area contributed by atoms with Crippen molar-refractivity contribution in [2.24, 2.45) is 5.92 Å². The number of rotatable bonds is 22. The molecule has 0 aliphatic carbocycles. The minimum absolute atomic E-state index is 0.668. The van der Waals surface area contributed by atoms with Crippen LogP contribution in [0.25, 0.3) is 0 Å². The molecule has 0 aliphatic rings. The van der Waals surface area contributed by atoms with E-state index < -0.39 is 0 Å². The molecule has 26 heavy (non-hydrogen) atoms. The van der Waals surface area contributed by atoms with Crippen molar-refractivity contribution < 1.29 is 9.47 Å². The molecule has 0 aromatic carbocycles. The van der Waals surface area contributed by atoms with E-state index in [1.807, 2.05) is 0 Å². The SMILES string of the molecule is CCCCCCCCCOCCCC(C)COCCCCCCCCC. The Kier molecular flexibility index (Phi) is 22.9. The fraction of sp³-hybridized carbons (Fsp3) is 1.00. The van der Waals surface area contributed by atoms with Crippen molar-refractivity contribution in [1.29, 1.82) is 0 Å². The summed E-state index contributed by atoms with van der Waals surface area (Å²) in [5, 5.41) is 0. The molecule has 0 amide bonds. The van der Waals surface area contributed by atoms with E-state index in [9.17, 15) is 0 Å². The second-order valence-corrected chi connectivity index (χ2v) is 8.18. The van der Waals surface area contributed by atoms with Gasteiger partial charge in [0.2, 0.25) is 0 Å². The van der Waals surface area contributed by atoms with Gasteiger partial charge in [0.15, 0.2) is 0 Å². The van der Waals surface area contributed by atoms with Gasteiger partial charge in [-0.05, 0) is 31.6 Å². The molecule has 0 saturated heterocycles. The fourth-order valence-corrected chi connectivity index (χ4v) is 3.33. The zero-order valence-corrected chi connectivity index (χ0v) is 18.5. The minimum Gasteiger partial charge on any atom is -0.381 e. The molecule has 0 spiro atoms. The van der Waals surface area contributed by atoms with Crippen LogP contribution in [0.15, 0.2) is 0 Å². The Morgan fingerprint density at radius 3 is 1.46 bits per heavy atom. The van der Waals surface area contributed by atoms with Gasteiger partial charge in [0.25, 0.3) is 0 Å². The first kappa shape index (κ1) is 25.9. The third-order valence-electron chi connectivity index (χ3n) is 5.17. The first-order chi connectivity index (χ1) is 12.8. The maximum atomic E-state index is 5.83. The normalized spacial score (nSPS) is 12.6. The Balaban J connectivity index is 3.12. The van der Waals surface area contributed by atoms with Gasteiger partial charge in [0.05, 0.1) is 0 Å². The summed E-state index contributed by atoms with van der Waals surface area (Å²) >= 11 is 0. The second kappa shape index (κ2) is 23.0. The summed E-state index contributed by atoms with van der Waals surface area (Å²) in [4.78, 5) is 0. The van der Waals surface area contributed by atoms with Gasteiger partial charge in [-0.1, -0.05) is 97.8 Å². The Bertz CT molecular complexity index is 242. The lowest BCUT2D eigenvalue weighted by Gasteiger charge is -2.12. The first-order valence-electron chi connectivity index (χ1n) is 12.0. The van der Waals surface area contributed by atoms with E-state index >= 15 is 0 Å². The predicted octanol–water partition coefficient (Wildman–Crippen LogP) is 7.94. The van der Waals surface area contributed by atoms with Crippen molar-refractivity contribution >= 4 is 0 Å². The van der Waals surface area contributed by atoms with Crippen molar-refractivity contribution in [3.63, 3.8) is 0 Å². The molecule has 158 valence electrons. The molecule has 0 bridgehead atoms. The molecule has 1 unspecified atom stereocenters. The van der Waals surface area contributed by atoms with Crippen LogP contribution in [-0.4, -0.2) is 26.4 Å². The molecule has 0 aromatic heterocycles. The van der Waals surface area contributed by atoms with E-state index in [1.54, 1.807) is 0 Å². The molecule has 1 atom stereocenters. The largest absolute Gasteiger partial charge is 0.381 e. The van der Waals surface area contributed by atoms with E-state index in [1.165, 1.54) is 103 Å². The lowest BCUT2D eigenvalue weighted by atomic mass is 10.1. The Morgan fingerprint density at radius 2 is 0.923 bits per heavy atom. The molecule has 0 rings (SSSR count). The van der Waals surface area contributed by atoms with Crippen LogP contribution in [0.5, 0.6) is 0 Å². The molecular weight excluding hydrogens is 320 g/mol. The van der Waals surface area contributed by atoms with Crippen molar-refractivity contribution in [1.82, 2.24) is 0 Å². The van der Waals surface area contributed by atoms with Crippen LogP contribution in [0.2, 0.25) is 0 Å². The van der Waals surface area contributed by atoms with Gasteiger partial charge >= 0.3 is 0 Å². The maximum Gasteiger partial charge on any atom is 0.0491 e. The monoisotopic (exact) mass is 370 g/mol. The lowest BCUT2D eigenvalue weighted by Crippen LogP contribution is -2.08. The van der Waals surface area contributed by atoms with Crippen LogP contribution in [0, 0.1) is 5.92 Å². The van der Waals surface area contributed by atoms with Crippen LogP contribution in [0.4, 0.5) is 0 Å². The van der Waals surface area contributed by atoms with E-state index in [0.717, 1.165) is 26.4 Å². The first-order valence-corrected chi connectivity index (χ1v) is 12.0. The average molecular weight is 371 g/mol. The van der Waals surface area contributed by atoms with Crippen LogP contribution in [-0.2, 0) is 9.47 Å². The number of unbranched alkanes of at least 4 members (excludes halogenated alkanes) is 12. The third-order valence-corrected chi connectivity index (χ3v) is 5.17. The molecular formula is C24H50O2. The van der Waals surface area contributed by atoms with Gasteiger partial charge in [-0.25, -0.2) is 0 Å². The summed E-state index contributed by atoms with van der Waals surface area (Å²) in [6.07, 6.45) is 21.4. The van der Waals surface area contributed by atoms with Crippen molar-refractivity contribution in [2.75, 3.05) is 26.4 Å². The zero-order chi connectivity index (χ0) is 19.1. The topological polar surface area (TPSA) is 18.5 Å². The summed E-state index contributed by atoms with van der Waals surface area (Å²) in [7, 11) is 0. The minimum atomic E-state index is 0.668. The van der Waals surface area contributed by atoms with Gasteiger partial charge in [-0.15, -0.1) is 0 Å². The molecule has 0 aliphatic heterocycles. The summed E-state index contributed by atoms with van der Waals surface area (Å²) < 4.78 is 11.6. The standard InChI is InChI=1S/C24H50O2/c1-4-6-8-10-12-14-16-20-25-22-18-19-24(3)23-26-21-17-15-13-11-9-7-5-2/h24H,4-23H2,1-3H3. The molecule has 2 nitrogen and oxygen atoms in total. The van der Waals surface area contributed by atoms with Crippen LogP contribution in [0.3, 0.4) is 0 Å². The van der Waals surface area contributed by atoms with Gasteiger partial charge in [0.1, 0.15) is 0 Å². The summed E-state index contributed by atoms with van der Waals surface area (Å²) in [5.74, 6) is 0.668. The van der Waals surface area contributed by atoms with E-state index in [-0.39, 0.29) is 0 Å². The van der Waals surface area contributed by atoms with Crippen LogP contribution in [0.1, 0.15) is 124 Å². The highest BCUT2D eigenvalue weighted by Crippen LogP contribution is 2.10. The Hall–Kier alpha value is -0.0800. The Morgan fingerprint density at radius 1 is 0.500 bits per heavy atom. The van der Waals surface area contributed by atoms with Crippen molar-refractivity contribution in [2.45, 2.75) is 124 Å². The molecule has 0 heterocycles. The van der Waals surface area contributed by atoms with E-state index in [4.69, 9.17) is 9.47 Å². The molecule has 0 radical (unpaired) electrons. The lowest BCUT2D eigenvalue weighted by molar-refractivity contribution is 0.0874. The zero-order valence-electron chi connectivity index (χ0n) is 18.5. The summed E-state index contributed by atoms with van der Waals surface area (Å²) in [6, 6.07) is 0. The fourth-order valence-electron chi connectivity index (χ4n) is 3.33. The summed E-state index contributed by atoms with van der Waals surface area (Å²) in [6.45, 7) is 10.6. The Labute approximate surface area is 165 Å². The predicted molar refractivity (Wildman–Crippen MR) is 116 cm³/mol. The van der Waals surface area contributed by atoms with Crippen LogP contribution < -0.4 is 0 Å². The van der Waals surface area contributed by atoms with Crippen molar-refractivity contribution in [3.05, 3.63) is 0 Å². The van der Waals surface area contributed by atoms with Gasteiger partial charge in [-0.2, -0.15) is 0 Å². The third kappa shape index (κ3) is 22.0. The van der Waals surface area contributed by atoms with Gasteiger partial charge in [-0.3, -0.25) is 0 Å². The highest BCUT2D eigenvalue weighted by Gasteiger charge is 2.02. The highest BCUT2D eigenvalue weighted by molar-refractivity contribution is 4.52. The second-order valence-electron chi connectivity index (χ2n) is 8.18. The number of hydrogen-bond donors (Lipinski definition) is 0. The average Bonchev–Trinajstić information content (AvgIpc) is 2.64. The molecule has 2 heteroatoms. The van der Waals surface area contributed by atoms with Crippen molar-refractivity contribution in [3.8, 4) is 0 Å².